The molecule has 3 heteroatoms. The van der Waals surface area contributed by atoms with Crippen molar-refractivity contribution in [3.8, 4) is 0 Å². The number of hydrogen-bond acceptors (Lipinski definition) is 1. The minimum Gasteiger partial charge on any atom is -0.297 e. The molecule has 0 amide bonds. The molecule has 1 aliphatic rings. The Morgan fingerprint density at radius 3 is 1.36 bits per heavy atom. The van der Waals surface area contributed by atoms with Gasteiger partial charge in [0.2, 0.25) is 0 Å². The minimum absolute atomic E-state index is 0.0768. The Kier molecular flexibility index (Phi) is 4.07. The summed E-state index contributed by atoms with van der Waals surface area (Å²) < 4.78 is -1.18. The van der Waals surface area contributed by atoms with Gasteiger partial charge >= 0.3 is 0 Å². The van der Waals surface area contributed by atoms with Crippen LogP contribution in [0.2, 0.25) is 0 Å². The van der Waals surface area contributed by atoms with Gasteiger partial charge in [-0.25, -0.2) is 0 Å². The van der Waals surface area contributed by atoms with Crippen molar-refractivity contribution in [1.82, 2.24) is 0 Å². The number of carbonyl (C=O) groups excluding carboxylic acids is 1. The Morgan fingerprint density at radius 2 is 1.05 bits per heavy atom. The van der Waals surface area contributed by atoms with E-state index < -0.39 is 8.65 Å². The van der Waals surface area contributed by atoms with Crippen molar-refractivity contribution in [1.29, 1.82) is 0 Å². The molecule has 0 unspecified atom stereocenters. The fourth-order valence-electron chi connectivity index (χ4n) is 3.72. The summed E-state index contributed by atoms with van der Waals surface area (Å²) >= 11 is 7.49. The number of carbonyl (C=O) groups is 1. The van der Waals surface area contributed by atoms with E-state index in [1.54, 1.807) is 0 Å². The van der Waals surface area contributed by atoms with Crippen LogP contribution in [0.25, 0.3) is 0 Å². The Bertz CT molecular complexity index is 618. The lowest BCUT2D eigenvalue weighted by Crippen LogP contribution is -2.35. The number of rotatable bonds is 2. The van der Waals surface area contributed by atoms with E-state index in [1.807, 2.05) is 50.2 Å². The zero-order chi connectivity index (χ0) is 16.0. The molecule has 114 valence electrons. The standard InChI is InChI=1S/C19H18Br2O/c1-18(20)15(13-9-5-3-6-10-13)16(19(2,21)17(18)22)14-11-7-4-8-12-14/h3-12,15-16H,1-2H3/t15-,16-,18-,19-/m1/s1. The van der Waals surface area contributed by atoms with Crippen LogP contribution in [0.5, 0.6) is 0 Å². The van der Waals surface area contributed by atoms with Gasteiger partial charge in [-0.05, 0) is 25.0 Å². The number of halogens is 2. The monoisotopic (exact) mass is 420 g/mol. The van der Waals surface area contributed by atoms with Gasteiger partial charge in [0.15, 0.2) is 5.78 Å². The summed E-state index contributed by atoms with van der Waals surface area (Å²) in [6.07, 6.45) is 0. The maximum Gasteiger partial charge on any atom is 0.166 e. The SMILES string of the molecule is C[C@]1(Br)C(=O)[C@](C)(Br)[C@H](c2ccccc2)[C@H]1c1ccccc1. The van der Waals surface area contributed by atoms with Crippen LogP contribution >= 0.6 is 31.9 Å². The zero-order valence-corrected chi connectivity index (χ0v) is 15.8. The molecule has 1 saturated carbocycles. The predicted molar refractivity (Wildman–Crippen MR) is 98.0 cm³/mol. The van der Waals surface area contributed by atoms with Crippen LogP contribution in [0.15, 0.2) is 60.7 Å². The predicted octanol–water partition coefficient (Wildman–Crippen LogP) is 5.44. The molecule has 2 aromatic carbocycles. The van der Waals surface area contributed by atoms with Crippen LogP contribution < -0.4 is 0 Å². The Morgan fingerprint density at radius 1 is 0.727 bits per heavy atom. The van der Waals surface area contributed by atoms with Gasteiger partial charge < -0.3 is 0 Å². The first-order chi connectivity index (χ1) is 10.4. The van der Waals surface area contributed by atoms with Crippen LogP contribution in [-0.4, -0.2) is 14.4 Å². The van der Waals surface area contributed by atoms with Gasteiger partial charge in [-0.2, -0.15) is 0 Å². The molecule has 2 aromatic rings. The van der Waals surface area contributed by atoms with Crippen LogP contribution in [-0.2, 0) is 4.79 Å². The van der Waals surface area contributed by atoms with Gasteiger partial charge in [0.1, 0.15) is 0 Å². The molecule has 4 atom stereocenters. The molecule has 1 nitrogen and oxygen atoms in total. The number of hydrogen-bond donors (Lipinski definition) is 0. The molecule has 0 aromatic heterocycles. The molecule has 1 aliphatic carbocycles. The molecule has 0 bridgehead atoms. The van der Waals surface area contributed by atoms with Crippen LogP contribution in [0.3, 0.4) is 0 Å². The highest BCUT2D eigenvalue weighted by molar-refractivity contribution is 9.11. The second kappa shape index (κ2) is 5.61. The lowest BCUT2D eigenvalue weighted by atomic mass is 9.78. The Hall–Kier alpha value is -0.930. The van der Waals surface area contributed by atoms with Gasteiger partial charge in [0.25, 0.3) is 0 Å². The number of alkyl halides is 2. The van der Waals surface area contributed by atoms with Crippen LogP contribution in [0, 0.1) is 0 Å². The average molecular weight is 422 g/mol. The summed E-state index contributed by atoms with van der Waals surface area (Å²) in [6, 6.07) is 20.6. The van der Waals surface area contributed by atoms with Crippen molar-refractivity contribution in [2.24, 2.45) is 0 Å². The maximum atomic E-state index is 13.0. The van der Waals surface area contributed by atoms with Crippen molar-refractivity contribution in [2.45, 2.75) is 34.3 Å². The van der Waals surface area contributed by atoms with Crippen molar-refractivity contribution in [3.63, 3.8) is 0 Å². The summed E-state index contributed by atoms with van der Waals surface area (Å²) in [4.78, 5) is 13.0. The van der Waals surface area contributed by atoms with Gasteiger partial charge in [0, 0.05) is 11.8 Å². The fourth-order valence-corrected chi connectivity index (χ4v) is 5.87. The second-order valence-corrected chi connectivity index (χ2v) is 9.55. The van der Waals surface area contributed by atoms with Gasteiger partial charge in [-0.15, -0.1) is 0 Å². The van der Waals surface area contributed by atoms with Crippen molar-refractivity contribution in [3.05, 3.63) is 71.8 Å². The summed E-state index contributed by atoms with van der Waals surface area (Å²) in [5.74, 6) is 0.351. The third kappa shape index (κ3) is 2.39. The minimum atomic E-state index is -0.590. The van der Waals surface area contributed by atoms with E-state index in [9.17, 15) is 4.79 Å². The van der Waals surface area contributed by atoms with Crippen molar-refractivity contribution in [2.75, 3.05) is 0 Å². The fraction of sp³-hybridized carbons (Fsp3) is 0.316. The van der Waals surface area contributed by atoms with E-state index in [1.165, 1.54) is 11.1 Å². The summed E-state index contributed by atoms with van der Waals surface area (Å²) in [5.41, 5.74) is 2.37. The summed E-state index contributed by atoms with van der Waals surface area (Å²) in [5, 5.41) is 0. The van der Waals surface area contributed by atoms with E-state index in [0.29, 0.717) is 0 Å². The van der Waals surface area contributed by atoms with E-state index in [0.717, 1.165) is 0 Å². The first-order valence-electron chi connectivity index (χ1n) is 7.39. The summed E-state index contributed by atoms with van der Waals surface area (Å²) in [7, 11) is 0. The second-order valence-electron chi connectivity index (χ2n) is 6.26. The van der Waals surface area contributed by atoms with Crippen molar-refractivity contribution >= 4 is 37.6 Å². The highest BCUT2D eigenvalue weighted by atomic mass is 79.9. The number of ketones is 1. The number of benzene rings is 2. The first kappa shape index (κ1) is 15.9. The molecule has 0 spiro atoms. The molecule has 3 rings (SSSR count). The molecular formula is C19H18Br2O. The van der Waals surface area contributed by atoms with Crippen LogP contribution in [0.4, 0.5) is 0 Å². The van der Waals surface area contributed by atoms with Gasteiger partial charge in [-0.1, -0.05) is 92.5 Å². The molecule has 1 fully saturated rings. The van der Waals surface area contributed by atoms with Crippen molar-refractivity contribution < 1.29 is 4.79 Å². The lowest BCUT2D eigenvalue weighted by Gasteiger charge is -2.30. The molecule has 0 saturated heterocycles. The first-order valence-corrected chi connectivity index (χ1v) is 8.98. The molecule has 0 aliphatic heterocycles. The normalized spacial score (nSPS) is 34.8. The van der Waals surface area contributed by atoms with E-state index in [-0.39, 0.29) is 17.6 Å². The number of Topliss-reactive ketones (excluding diaryl/α,β-unsaturated/α-hetero) is 1. The highest BCUT2D eigenvalue weighted by Crippen LogP contribution is 2.61. The Balaban J connectivity index is 2.21. The molecule has 0 radical (unpaired) electrons. The lowest BCUT2D eigenvalue weighted by molar-refractivity contribution is -0.120. The van der Waals surface area contributed by atoms with Gasteiger partial charge in [-0.3, -0.25) is 4.79 Å². The van der Waals surface area contributed by atoms with E-state index in [4.69, 9.17) is 0 Å². The van der Waals surface area contributed by atoms with Gasteiger partial charge in [0.05, 0.1) is 8.65 Å². The largest absolute Gasteiger partial charge is 0.297 e. The summed E-state index contributed by atoms with van der Waals surface area (Å²) in [6.45, 7) is 3.99. The third-order valence-electron chi connectivity index (χ3n) is 4.71. The maximum absolute atomic E-state index is 13.0. The highest BCUT2D eigenvalue weighted by Gasteiger charge is 2.62. The van der Waals surface area contributed by atoms with E-state index >= 15 is 0 Å². The molecule has 0 heterocycles. The zero-order valence-electron chi connectivity index (χ0n) is 12.6. The molecule has 22 heavy (non-hydrogen) atoms. The molecule has 0 N–H and O–H groups in total. The smallest absolute Gasteiger partial charge is 0.166 e. The third-order valence-corrected chi connectivity index (χ3v) is 6.41. The van der Waals surface area contributed by atoms with E-state index in [2.05, 4.69) is 56.1 Å². The Labute approximate surface area is 148 Å². The average Bonchev–Trinajstić information content (AvgIpc) is 2.66. The van der Waals surface area contributed by atoms with Crippen LogP contribution in [0.1, 0.15) is 36.8 Å². The molecular weight excluding hydrogens is 404 g/mol. The topological polar surface area (TPSA) is 17.1 Å². The quantitative estimate of drug-likeness (QED) is 0.589.